The van der Waals surface area contributed by atoms with E-state index in [1.54, 1.807) is 0 Å². The van der Waals surface area contributed by atoms with Gasteiger partial charge in [-0.15, -0.1) is 0 Å². The zero-order valence-corrected chi connectivity index (χ0v) is 10.6. The second-order valence-electron chi connectivity index (χ2n) is 4.98. The quantitative estimate of drug-likeness (QED) is 0.666. The summed E-state index contributed by atoms with van der Waals surface area (Å²) in [5, 5.41) is 4.24. The third-order valence-corrected chi connectivity index (χ3v) is 2.89. The average molecular weight is 203 g/mol. The second-order valence-corrected chi connectivity index (χ2v) is 6.66. The average Bonchev–Trinajstić information content (AvgIpc) is 1.93. The molecule has 0 fully saturated rings. The molecule has 0 rings (SSSR count). The highest BCUT2D eigenvalue weighted by Gasteiger charge is 2.08. The van der Waals surface area contributed by atoms with Gasteiger partial charge in [0.1, 0.15) is 0 Å². The molecule has 80 valence electrons. The Balaban J connectivity index is 3.09. The topological polar surface area (TPSA) is 12.0 Å². The molecular weight excluding hydrogens is 178 g/mol. The molecule has 0 aromatic carbocycles. The highest BCUT2D eigenvalue weighted by molar-refractivity contribution is 7.99. The third-order valence-electron chi connectivity index (χ3n) is 1.78. The first-order valence-corrected chi connectivity index (χ1v) is 6.29. The summed E-state index contributed by atoms with van der Waals surface area (Å²) in [6.45, 7) is 13.7. The lowest BCUT2D eigenvalue weighted by molar-refractivity contribution is 0.369. The van der Waals surface area contributed by atoms with Crippen molar-refractivity contribution < 1.29 is 0 Å². The summed E-state index contributed by atoms with van der Waals surface area (Å²) in [5.41, 5.74) is 0.470. The fourth-order valence-corrected chi connectivity index (χ4v) is 1.69. The molecule has 0 radical (unpaired) electrons. The van der Waals surface area contributed by atoms with Crippen molar-refractivity contribution in [1.82, 2.24) is 5.32 Å². The van der Waals surface area contributed by atoms with Crippen molar-refractivity contribution in [3.05, 3.63) is 0 Å². The van der Waals surface area contributed by atoms with Crippen LogP contribution in [0.2, 0.25) is 0 Å². The number of hydrogen-bond acceptors (Lipinski definition) is 2. The Kier molecular flexibility index (Phi) is 6.88. The first-order chi connectivity index (χ1) is 5.92. The van der Waals surface area contributed by atoms with Gasteiger partial charge in [-0.3, -0.25) is 0 Å². The molecule has 0 unspecified atom stereocenters. The number of rotatable bonds is 6. The van der Waals surface area contributed by atoms with E-state index >= 15 is 0 Å². The standard InChI is InChI=1S/C11H25NS/c1-10(2)13-9-8-12-7-6-11(3,4)5/h10,12H,6-9H2,1-5H3. The van der Waals surface area contributed by atoms with E-state index in [-0.39, 0.29) is 0 Å². The highest BCUT2D eigenvalue weighted by atomic mass is 32.2. The third kappa shape index (κ3) is 12.3. The van der Waals surface area contributed by atoms with Crippen LogP contribution in [0.25, 0.3) is 0 Å². The van der Waals surface area contributed by atoms with E-state index < -0.39 is 0 Å². The molecule has 0 atom stereocenters. The van der Waals surface area contributed by atoms with Crippen LogP contribution in [0.15, 0.2) is 0 Å². The van der Waals surface area contributed by atoms with Gasteiger partial charge in [0.05, 0.1) is 0 Å². The lowest BCUT2D eigenvalue weighted by atomic mass is 9.92. The summed E-state index contributed by atoms with van der Waals surface area (Å²) < 4.78 is 0. The monoisotopic (exact) mass is 203 g/mol. The van der Waals surface area contributed by atoms with Crippen molar-refractivity contribution in [3.8, 4) is 0 Å². The molecule has 0 bridgehead atoms. The molecule has 0 aliphatic heterocycles. The Morgan fingerprint density at radius 2 is 1.77 bits per heavy atom. The molecule has 1 N–H and O–H groups in total. The van der Waals surface area contributed by atoms with Crippen LogP contribution >= 0.6 is 11.8 Å². The fourth-order valence-electron chi connectivity index (χ4n) is 0.955. The zero-order chi connectivity index (χ0) is 10.3. The van der Waals surface area contributed by atoms with Crippen LogP contribution in [-0.2, 0) is 0 Å². The molecule has 0 saturated carbocycles. The molecule has 0 aromatic heterocycles. The minimum absolute atomic E-state index is 0.470. The van der Waals surface area contributed by atoms with E-state index in [1.807, 2.05) is 11.8 Å². The molecule has 0 aliphatic rings. The Labute approximate surface area is 88.1 Å². The lowest BCUT2D eigenvalue weighted by Gasteiger charge is -2.18. The van der Waals surface area contributed by atoms with Crippen molar-refractivity contribution >= 4 is 11.8 Å². The summed E-state index contributed by atoms with van der Waals surface area (Å²) in [4.78, 5) is 0. The summed E-state index contributed by atoms with van der Waals surface area (Å²) in [6, 6.07) is 0. The van der Waals surface area contributed by atoms with Crippen molar-refractivity contribution in [3.63, 3.8) is 0 Å². The van der Waals surface area contributed by atoms with Gasteiger partial charge in [-0.25, -0.2) is 0 Å². The fraction of sp³-hybridized carbons (Fsp3) is 1.00. The summed E-state index contributed by atoms with van der Waals surface area (Å²) in [6.07, 6.45) is 1.26. The molecule has 0 saturated heterocycles. The Morgan fingerprint density at radius 3 is 2.23 bits per heavy atom. The molecule has 1 nitrogen and oxygen atoms in total. The van der Waals surface area contributed by atoms with Crippen LogP contribution < -0.4 is 5.32 Å². The first-order valence-electron chi connectivity index (χ1n) is 5.24. The van der Waals surface area contributed by atoms with Crippen molar-refractivity contribution in [2.75, 3.05) is 18.8 Å². The van der Waals surface area contributed by atoms with Crippen LogP contribution in [0.1, 0.15) is 41.0 Å². The van der Waals surface area contributed by atoms with E-state index in [1.165, 1.54) is 12.2 Å². The lowest BCUT2D eigenvalue weighted by Crippen LogP contribution is -2.23. The summed E-state index contributed by atoms with van der Waals surface area (Å²) in [5.74, 6) is 1.24. The molecule has 0 amide bonds. The van der Waals surface area contributed by atoms with Gasteiger partial charge < -0.3 is 5.32 Å². The van der Waals surface area contributed by atoms with Crippen LogP contribution in [0.4, 0.5) is 0 Å². The van der Waals surface area contributed by atoms with Crippen LogP contribution in [-0.4, -0.2) is 24.1 Å². The molecule has 2 heteroatoms. The maximum Gasteiger partial charge on any atom is 0.00606 e. The Bertz CT molecular complexity index is 116. The van der Waals surface area contributed by atoms with Gasteiger partial charge in [0.2, 0.25) is 0 Å². The zero-order valence-electron chi connectivity index (χ0n) is 9.81. The minimum atomic E-state index is 0.470. The van der Waals surface area contributed by atoms with Gasteiger partial charge in [0.15, 0.2) is 0 Å². The summed E-state index contributed by atoms with van der Waals surface area (Å²) in [7, 11) is 0. The van der Waals surface area contributed by atoms with Gasteiger partial charge in [-0.05, 0) is 23.6 Å². The summed E-state index contributed by atoms with van der Waals surface area (Å²) >= 11 is 2.03. The van der Waals surface area contributed by atoms with E-state index in [2.05, 4.69) is 39.9 Å². The van der Waals surface area contributed by atoms with Gasteiger partial charge in [-0.1, -0.05) is 34.6 Å². The van der Waals surface area contributed by atoms with E-state index in [0.717, 1.165) is 18.3 Å². The first kappa shape index (κ1) is 13.3. The SMILES string of the molecule is CC(C)SCCNCCC(C)(C)C. The maximum atomic E-state index is 3.48. The van der Waals surface area contributed by atoms with Crippen molar-refractivity contribution in [2.24, 2.45) is 5.41 Å². The van der Waals surface area contributed by atoms with Crippen molar-refractivity contribution in [2.45, 2.75) is 46.3 Å². The number of nitrogens with one attached hydrogen (secondary N) is 1. The predicted molar refractivity (Wildman–Crippen MR) is 64.5 cm³/mol. The Morgan fingerprint density at radius 1 is 1.15 bits per heavy atom. The second kappa shape index (κ2) is 6.72. The minimum Gasteiger partial charge on any atom is -0.316 e. The normalized spacial score (nSPS) is 12.5. The largest absolute Gasteiger partial charge is 0.316 e. The maximum absolute atomic E-state index is 3.48. The van der Waals surface area contributed by atoms with E-state index in [0.29, 0.717) is 5.41 Å². The molecule has 0 heterocycles. The van der Waals surface area contributed by atoms with Crippen LogP contribution in [0.3, 0.4) is 0 Å². The molecule has 0 aromatic rings. The molecule has 0 spiro atoms. The van der Waals surface area contributed by atoms with Gasteiger partial charge in [-0.2, -0.15) is 11.8 Å². The number of thioether (sulfide) groups is 1. The van der Waals surface area contributed by atoms with Gasteiger partial charge in [0.25, 0.3) is 0 Å². The van der Waals surface area contributed by atoms with Gasteiger partial charge in [0, 0.05) is 12.3 Å². The molecule has 0 aliphatic carbocycles. The van der Waals surface area contributed by atoms with Crippen molar-refractivity contribution in [1.29, 1.82) is 0 Å². The van der Waals surface area contributed by atoms with Crippen LogP contribution in [0, 0.1) is 5.41 Å². The van der Waals surface area contributed by atoms with Gasteiger partial charge >= 0.3 is 0 Å². The molecule has 13 heavy (non-hydrogen) atoms. The van der Waals surface area contributed by atoms with Crippen LogP contribution in [0.5, 0.6) is 0 Å². The van der Waals surface area contributed by atoms with E-state index in [4.69, 9.17) is 0 Å². The number of hydrogen-bond donors (Lipinski definition) is 1. The smallest absolute Gasteiger partial charge is 0.00606 e. The van der Waals surface area contributed by atoms with E-state index in [9.17, 15) is 0 Å². The molecular formula is C11H25NS. The Hall–Kier alpha value is 0.310. The predicted octanol–water partition coefficient (Wildman–Crippen LogP) is 3.15. The highest BCUT2D eigenvalue weighted by Crippen LogP contribution is 2.16.